The van der Waals surface area contributed by atoms with Crippen LogP contribution in [0.5, 0.6) is 0 Å². The Kier molecular flexibility index (Phi) is 4.62. The lowest BCUT2D eigenvalue weighted by molar-refractivity contribution is -0.139. The average molecular weight is 254 g/mol. The van der Waals surface area contributed by atoms with Gasteiger partial charge in [-0.25, -0.2) is 0 Å². The van der Waals surface area contributed by atoms with Crippen molar-refractivity contribution in [2.75, 3.05) is 32.8 Å². The van der Waals surface area contributed by atoms with Crippen molar-refractivity contribution in [3.63, 3.8) is 0 Å². The van der Waals surface area contributed by atoms with Crippen LogP contribution in [0, 0.1) is 5.92 Å². The molecule has 2 saturated heterocycles. The second kappa shape index (κ2) is 6.02. The third kappa shape index (κ3) is 3.04. The first-order valence-corrected chi connectivity index (χ1v) is 7.25. The molecule has 18 heavy (non-hydrogen) atoms. The molecule has 4 nitrogen and oxygen atoms in total. The summed E-state index contributed by atoms with van der Waals surface area (Å²) >= 11 is 0. The van der Waals surface area contributed by atoms with E-state index in [0.29, 0.717) is 19.2 Å². The molecule has 1 amide bonds. The van der Waals surface area contributed by atoms with Crippen molar-refractivity contribution in [3.8, 4) is 0 Å². The number of carbonyl (C=O) groups excluding carboxylic acids is 1. The Morgan fingerprint density at radius 3 is 2.78 bits per heavy atom. The Hall–Kier alpha value is -0.610. The highest BCUT2D eigenvalue weighted by Gasteiger charge is 2.32. The number of amides is 1. The summed E-state index contributed by atoms with van der Waals surface area (Å²) in [6.07, 6.45) is 2.56. The molecule has 0 bridgehead atoms. The van der Waals surface area contributed by atoms with Crippen molar-refractivity contribution in [2.24, 2.45) is 5.92 Å². The van der Waals surface area contributed by atoms with Gasteiger partial charge in [-0.3, -0.25) is 9.69 Å². The van der Waals surface area contributed by atoms with Crippen molar-refractivity contribution >= 4 is 5.91 Å². The molecule has 4 heteroatoms. The zero-order chi connectivity index (χ0) is 13.1. The van der Waals surface area contributed by atoms with E-state index in [1.165, 1.54) is 6.42 Å². The maximum Gasteiger partial charge on any atom is 0.236 e. The number of ether oxygens (including phenoxy) is 1. The maximum atomic E-state index is 12.3. The summed E-state index contributed by atoms with van der Waals surface area (Å²) in [5.41, 5.74) is 0. The molecule has 104 valence electrons. The summed E-state index contributed by atoms with van der Waals surface area (Å²) in [5, 5.41) is 0. The molecule has 0 aliphatic carbocycles. The van der Waals surface area contributed by atoms with E-state index in [2.05, 4.69) is 18.7 Å². The number of hydrogen-bond donors (Lipinski definition) is 0. The fraction of sp³-hybridized carbons (Fsp3) is 0.929. The zero-order valence-electron chi connectivity index (χ0n) is 11.9. The van der Waals surface area contributed by atoms with Gasteiger partial charge in [-0.2, -0.15) is 0 Å². The van der Waals surface area contributed by atoms with Crippen molar-refractivity contribution in [1.82, 2.24) is 9.80 Å². The van der Waals surface area contributed by atoms with Gasteiger partial charge in [0.2, 0.25) is 5.91 Å². The van der Waals surface area contributed by atoms with Gasteiger partial charge in [-0.1, -0.05) is 13.8 Å². The molecule has 0 aromatic rings. The number of nitrogens with zero attached hydrogens (tertiary/aromatic N) is 2. The van der Waals surface area contributed by atoms with Crippen molar-refractivity contribution < 1.29 is 9.53 Å². The highest BCUT2D eigenvalue weighted by Crippen LogP contribution is 2.25. The molecular formula is C14H26N2O2. The minimum atomic E-state index is 0.183. The first kappa shape index (κ1) is 13.8. The van der Waals surface area contributed by atoms with Crippen LogP contribution in [0.15, 0.2) is 0 Å². The van der Waals surface area contributed by atoms with Crippen LogP contribution in [0.4, 0.5) is 0 Å². The molecule has 2 aliphatic heterocycles. The van der Waals surface area contributed by atoms with Crippen molar-refractivity contribution in [3.05, 3.63) is 0 Å². The second-order valence-electron chi connectivity index (χ2n) is 5.73. The summed E-state index contributed by atoms with van der Waals surface area (Å²) in [4.78, 5) is 16.6. The molecule has 0 saturated carbocycles. The van der Waals surface area contributed by atoms with E-state index in [1.54, 1.807) is 0 Å². The third-order valence-corrected chi connectivity index (χ3v) is 4.35. The van der Waals surface area contributed by atoms with Crippen LogP contribution in [-0.4, -0.2) is 60.6 Å². The molecule has 3 atom stereocenters. The van der Waals surface area contributed by atoms with Crippen LogP contribution in [0.3, 0.4) is 0 Å². The largest absolute Gasteiger partial charge is 0.375 e. The molecule has 0 aromatic heterocycles. The van der Waals surface area contributed by atoms with Gasteiger partial charge < -0.3 is 9.64 Å². The molecule has 0 unspecified atom stereocenters. The summed E-state index contributed by atoms with van der Waals surface area (Å²) < 4.78 is 5.48. The van der Waals surface area contributed by atoms with Gasteiger partial charge in [-0.15, -0.1) is 0 Å². The van der Waals surface area contributed by atoms with Gasteiger partial charge in [0.15, 0.2) is 0 Å². The van der Waals surface area contributed by atoms with Crippen LogP contribution < -0.4 is 0 Å². The molecule has 2 fully saturated rings. The van der Waals surface area contributed by atoms with Crippen LogP contribution in [0.25, 0.3) is 0 Å². The Balaban J connectivity index is 1.87. The van der Waals surface area contributed by atoms with Gasteiger partial charge in [0, 0.05) is 19.1 Å². The monoisotopic (exact) mass is 254 g/mol. The summed E-state index contributed by atoms with van der Waals surface area (Å²) in [6.45, 7) is 10.4. The minimum absolute atomic E-state index is 0.183. The van der Waals surface area contributed by atoms with E-state index in [-0.39, 0.29) is 12.0 Å². The first-order valence-electron chi connectivity index (χ1n) is 7.25. The Morgan fingerprint density at radius 1 is 1.33 bits per heavy atom. The summed E-state index contributed by atoms with van der Waals surface area (Å²) in [7, 11) is 0. The molecule has 0 aromatic carbocycles. The Bertz CT molecular complexity index is 296. The fourth-order valence-corrected chi connectivity index (χ4v) is 3.26. The topological polar surface area (TPSA) is 32.8 Å². The number of carbonyl (C=O) groups is 1. The molecule has 2 rings (SSSR count). The van der Waals surface area contributed by atoms with Crippen LogP contribution in [0.1, 0.15) is 33.6 Å². The second-order valence-corrected chi connectivity index (χ2v) is 5.73. The fourth-order valence-electron chi connectivity index (χ4n) is 3.26. The van der Waals surface area contributed by atoms with Crippen LogP contribution in [0.2, 0.25) is 0 Å². The van der Waals surface area contributed by atoms with Crippen LogP contribution >= 0.6 is 0 Å². The van der Waals surface area contributed by atoms with E-state index in [9.17, 15) is 4.79 Å². The molecule has 0 radical (unpaired) electrons. The standard InChI is InChI=1S/C14H26N2O2/c1-4-13-11(2)5-6-15(13)10-14(17)16-7-8-18-12(3)9-16/h11-13H,4-10H2,1-3H3/t11-,12+,13+/m0/s1. The Labute approximate surface area is 110 Å². The van der Waals surface area contributed by atoms with Gasteiger partial charge >= 0.3 is 0 Å². The van der Waals surface area contributed by atoms with Crippen molar-refractivity contribution in [1.29, 1.82) is 0 Å². The molecular weight excluding hydrogens is 228 g/mol. The van der Waals surface area contributed by atoms with Gasteiger partial charge in [-0.05, 0) is 32.2 Å². The van der Waals surface area contributed by atoms with E-state index in [4.69, 9.17) is 4.74 Å². The smallest absolute Gasteiger partial charge is 0.236 e. The number of morpholine rings is 1. The van der Waals surface area contributed by atoms with E-state index in [1.807, 2.05) is 11.8 Å². The van der Waals surface area contributed by atoms with Crippen molar-refractivity contribution in [2.45, 2.75) is 45.8 Å². The maximum absolute atomic E-state index is 12.3. The predicted molar refractivity (Wildman–Crippen MR) is 71.4 cm³/mol. The first-order chi connectivity index (χ1) is 8.61. The Morgan fingerprint density at radius 2 is 2.11 bits per heavy atom. The van der Waals surface area contributed by atoms with E-state index in [0.717, 1.165) is 32.0 Å². The lowest BCUT2D eigenvalue weighted by Crippen LogP contribution is -2.49. The molecule has 0 N–H and O–H groups in total. The van der Waals surface area contributed by atoms with Gasteiger partial charge in [0.1, 0.15) is 0 Å². The molecule has 2 aliphatic rings. The minimum Gasteiger partial charge on any atom is -0.375 e. The lowest BCUT2D eigenvalue weighted by atomic mass is 10.0. The average Bonchev–Trinajstić information content (AvgIpc) is 2.69. The zero-order valence-corrected chi connectivity index (χ0v) is 11.9. The van der Waals surface area contributed by atoms with Gasteiger partial charge in [0.25, 0.3) is 0 Å². The van der Waals surface area contributed by atoms with E-state index >= 15 is 0 Å². The third-order valence-electron chi connectivity index (χ3n) is 4.35. The SMILES string of the molecule is CC[C@@H]1[C@@H](C)CCN1CC(=O)N1CCO[C@H](C)C1. The molecule has 2 heterocycles. The number of rotatable bonds is 3. The highest BCUT2D eigenvalue weighted by atomic mass is 16.5. The lowest BCUT2D eigenvalue weighted by Gasteiger charge is -2.33. The highest BCUT2D eigenvalue weighted by molar-refractivity contribution is 5.78. The number of hydrogen-bond acceptors (Lipinski definition) is 3. The quantitative estimate of drug-likeness (QED) is 0.762. The number of likely N-dealkylation sites (tertiary alicyclic amines) is 1. The van der Waals surface area contributed by atoms with Gasteiger partial charge in [0.05, 0.1) is 19.3 Å². The summed E-state index contributed by atoms with van der Waals surface area (Å²) in [6, 6.07) is 0.590. The molecule has 0 spiro atoms. The van der Waals surface area contributed by atoms with Crippen LogP contribution in [-0.2, 0) is 9.53 Å². The normalized spacial score (nSPS) is 33.9. The van der Waals surface area contributed by atoms with E-state index < -0.39 is 0 Å². The summed E-state index contributed by atoms with van der Waals surface area (Å²) in [5.74, 6) is 1.00. The predicted octanol–water partition coefficient (Wildman–Crippen LogP) is 1.35.